The molecule has 0 aliphatic carbocycles. The highest BCUT2D eigenvalue weighted by molar-refractivity contribution is 6.31. The molecule has 2 amide bonds. The molecule has 25 heavy (non-hydrogen) atoms. The molecule has 0 bridgehead atoms. The van der Waals surface area contributed by atoms with Crippen LogP contribution >= 0.6 is 11.6 Å². The van der Waals surface area contributed by atoms with Crippen molar-refractivity contribution in [1.82, 2.24) is 9.88 Å². The number of benzene rings is 1. The molecule has 2 aromatic rings. The lowest BCUT2D eigenvalue weighted by Gasteiger charge is -2.16. The Hall–Kier alpha value is -2.60. The zero-order valence-electron chi connectivity index (χ0n) is 13.7. The van der Waals surface area contributed by atoms with E-state index in [0.29, 0.717) is 29.5 Å². The normalized spacial score (nSPS) is 16.8. The molecule has 7 heteroatoms. The Bertz CT molecular complexity index is 782. The Morgan fingerprint density at radius 1 is 1.40 bits per heavy atom. The lowest BCUT2D eigenvalue weighted by atomic mass is 10.1. The molecule has 1 saturated heterocycles. The van der Waals surface area contributed by atoms with Gasteiger partial charge in [0.1, 0.15) is 5.75 Å². The minimum Gasteiger partial charge on any atom is -0.495 e. The first-order valence-electron chi connectivity index (χ1n) is 7.89. The summed E-state index contributed by atoms with van der Waals surface area (Å²) in [6.45, 7) is 0.772. The summed E-state index contributed by atoms with van der Waals surface area (Å²) in [5.74, 6) is -0.173. The number of aromatic nitrogens is 1. The predicted molar refractivity (Wildman–Crippen MR) is 94.4 cm³/mol. The highest BCUT2D eigenvalue weighted by atomic mass is 35.5. The smallest absolute Gasteiger partial charge is 0.229 e. The second-order valence-electron chi connectivity index (χ2n) is 5.83. The monoisotopic (exact) mass is 359 g/mol. The van der Waals surface area contributed by atoms with Crippen LogP contribution in [0.2, 0.25) is 5.02 Å². The van der Waals surface area contributed by atoms with Crippen molar-refractivity contribution in [1.29, 1.82) is 0 Å². The number of anilines is 1. The van der Waals surface area contributed by atoms with Crippen molar-refractivity contribution in [2.24, 2.45) is 5.92 Å². The second-order valence-corrected chi connectivity index (χ2v) is 6.27. The first kappa shape index (κ1) is 17.2. The van der Waals surface area contributed by atoms with Crippen LogP contribution in [-0.4, -0.2) is 35.4 Å². The standard InChI is InChI=1S/C18H18ClN3O3/c1-25-16-6-5-13(19)9-15(16)21-18(24)12-8-17(23)22(10-12)11-14-4-2-3-7-20-14/h2-7,9,12H,8,10-11H2,1H3,(H,21,24). The summed E-state index contributed by atoms with van der Waals surface area (Å²) in [5.41, 5.74) is 1.30. The van der Waals surface area contributed by atoms with Crippen LogP contribution in [0.15, 0.2) is 42.6 Å². The number of ether oxygens (including phenoxy) is 1. The lowest BCUT2D eigenvalue weighted by Crippen LogP contribution is -2.28. The number of amides is 2. The number of carbonyl (C=O) groups excluding carboxylic acids is 2. The molecule has 130 valence electrons. The van der Waals surface area contributed by atoms with Gasteiger partial charge < -0.3 is 15.0 Å². The number of likely N-dealkylation sites (tertiary alicyclic amines) is 1. The molecule has 3 rings (SSSR count). The Labute approximate surface area is 150 Å². The van der Waals surface area contributed by atoms with Crippen LogP contribution in [0.3, 0.4) is 0 Å². The fourth-order valence-electron chi connectivity index (χ4n) is 2.80. The minimum atomic E-state index is -0.417. The molecule has 2 heterocycles. The molecular weight excluding hydrogens is 342 g/mol. The van der Waals surface area contributed by atoms with Crippen molar-refractivity contribution in [2.75, 3.05) is 19.0 Å². The van der Waals surface area contributed by atoms with E-state index in [1.54, 1.807) is 29.3 Å². The van der Waals surface area contributed by atoms with Gasteiger partial charge in [0.15, 0.2) is 0 Å². The Kier molecular flexibility index (Phi) is 5.19. The van der Waals surface area contributed by atoms with Crippen molar-refractivity contribution < 1.29 is 14.3 Å². The van der Waals surface area contributed by atoms with Crippen LogP contribution in [0.5, 0.6) is 5.75 Å². The third-order valence-corrected chi connectivity index (χ3v) is 4.32. The Balaban J connectivity index is 1.66. The Morgan fingerprint density at radius 2 is 2.24 bits per heavy atom. The van der Waals surface area contributed by atoms with Gasteiger partial charge in [0.2, 0.25) is 11.8 Å². The number of nitrogens with one attached hydrogen (secondary N) is 1. The fraction of sp³-hybridized carbons (Fsp3) is 0.278. The van der Waals surface area contributed by atoms with Crippen molar-refractivity contribution >= 4 is 29.1 Å². The van der Waals surface area contributed by atoms with Gasteiger partial charge in [-0.25, -0.2) is 0 Å². The molecule has 1 aromatic carbocycles. The summed E-state index contributed by atoms with van der Waals surface area (Å²) in [4.78, 5) is 30.6. The zero-order chi connectivity index (χ0) is 17.8. The van der Waals surface area contributed by atoms with Gasteiger partial charge in [-0.2, -0.15) is 0 Å². The van der Waals surface area contributed by atoms with Crippen LogP contribution in [0.25, 0.3) is 0 Å². The quantitative estimate of drug-likeness (QED) is 0.891. The molecule has 1 N–H and O–H groups in total. The van der Waals surface area contributed by atoms with Crippen molar-refractivity contribution in [2.45, 2.75) is 13.0 Å². The maximum atomic E-state index is 12.5. The van der Waals surface area contributed by atoms with E-state index < -0.39 is 5.92 Å². The molecule has 0 radical (unpaired) electrons. The van der Waals surface area contributed by atoms with Gasteiger partial charge in [0, 0.05) is 24.2 Å². The number of pyridine rings is 1. The summed E-state index contributed by atoms with van der Waals surface area (Å²) < 4.78 is 5.23. The van der Waals surface area contributed by atoms with Crippen LogP contribution in [0.4, 0.5) is 5.69 Å². The van der Waals surface area contributed by atoms with E-state index in [1.807, 2.05) is 18.2 Å². The van der Waals surface area contributed by atoms with E-state index in [2.05, 4.69) is 10.3 Å². The molecule has 1 atom stereocenters. The van der Waals surface area contributed by atoms with Crippen molar-refractivity contribution in [3.8, 4) is 5.75 Å². The third-order valence-electron chi connectivity index (χ3n) is 4.08. The number of hydrogen-bond acceptors (Lipinski definition) is 4. The Morgan fingerprint density at radius 3 is 2.96 bits per heavy atom. The number of rotatable bonds is 5. The maximum Gasteiger partial charge on any atom is 0.229 e. The highest BCUT2D eigenvalue weighted by Gasteiger charge is 2.34. The van der Waals surface area contributed by atoms with Gasteiger partial charge in [-0.3, -0.25) is 14.6 Å². The third kappa shape index (κ3) is 4.09. The predicted octanol–water partition coefficient (Wildman–Crippen LogP) is 2.73. The van der Waals surface area contributed by atoms with E-state index in [0.717, 1.165) is 5.69 Å². The summed E-state index contributed by atoms with van der Waals surface area (Å²) in [6.07, 6.45) is 1.87. The van der Waals surface area contributed by atoms with Crippen LogP contribution in [0, 0.1) is 5.92 Å². The topological polar surface area (TPSA) is 71.5 Å². The first-order valence-corrected chi connectivity index (χ1v) is 8.26. The fourth-order valence-corrected chi connectivity index (χ4v) is 2.97. The number of halogens is 1. The van der Waals surface area contributed by atoms with Crippen LogP contribution in [0.1, 0.15) is 12.1 Å². The molecular formula is C18H18ClN3O3. The largest absolute Gasteiger partial charge is 0.495 e. The first-order chi connectivity index (χ1) is 12.1. The molecule has 1 aromatic heterocycles. The van der Waals surface area contributed by atoms with Gasteiger partial charge in [-0.05, 0) is 30.3 Å². The number of carbonyl (C=O) groups is 2. The van der Waals surface area contributed by atoms with Gasteiger partial charge >= 0.3 is 0 Å². The summed E-state index contributed by atoms with van der Waals surface area (Å²) >= 11 is 5.98. The highest BCUT2D eigenvalue weighted by Crippen LogP contribution is 2.29. The molecule has 1 fully saturated rings. The summed E-state index contributed by atoms with van der Waals surface area (Å²) in [6, 6.07) is 10.6. The SMILES string of the molecule is COc1ccc(Cl)cc1NC(=O)C1CC(=O)N(Cc2ccccn2)C1. The van der Waals surface area contributed by atoms with E-state index >= 15 is 0 Å². The van der Waals surface area contributed by atoms with Gasteiger partial charge in [-0.1, -0.05) is 17.7 Å². The molecule has 0 spiro atoms. The van der Waals surface area contributed by atoms with E-state index in [4.69, 9.17) is 16.3 Å². The maximum absolute atomic E-state index is 12.5. The van der Waals surface area contributed by atoms with Crippen LogP contribution in [-0.2, 0) is 16.1 Å². The summed E-state index contributed by atoms with van der Waals surface area (Å²) in [7, 11) is 1.52. The number of hydrogen-bond donors (Lipinski definition) is 1. The average Bonchev–Trinajstić information content (AvgIpc) is 2.97. The van der Waals surface area contributed by atoms with Gasteiger partial charge in [-0.15, -0.1) is 0 Å². The molecule has 1 aliphatic heterocycles. The van der Waals surface area contributed by atoms with Crippen molar-refractivity contribution in [3.63, 3.8) is 0 Å². The van der Waals surface area contributed by atoms with Gasteiger partial charge in [0.05, 0.1) is 31.0 Å². The molecule has 0 saturated carbocycles. The van der Waals surface area contributed by atoms with Crippen LogP contribution < -0.4 is 10.1 Å². The van der Waals surface area contributed by atoms with Gasteiger partial charge in [0.25, 0.3) is 0 Å². The molecule has 1 unspecified atom stereocenters. The van der Waals surface area contributed by atoms with E-state index in [9.17, 15) is 9.59 Å². The molecule has 1 aliphatic rings. The second kappa shape index (κ2) is 7.53. The summed E-state index contributed by atoms with van der Waals surface area (Å²) in [5, 5.41) is 3.30. The lowest BCUT2D eigenvalue weighted by molar-refractivity contribution is -0.128. The minimum absolute atomic E-state index is 0.0520. The molecule has 6 nitrogen and oxygen atoms in total. The average molecular weight is 360 g/mol. The number of nitrogens with zero attached hydrogens (tertiary/aromatic N) is 2. The van der Waals surface area contributed by atoms with E-state index in [-0.39, 0.29) is 18.2 Å². The zero-order valence-corrected chi connectivity index (χ0v) is 14.5. The van der Waals surface area contributed by atoms with E-state index in [1.165, 1.54) is 7.11 Å². The number of methoxy groups -OCH3 is 1. The van der Waals surface area contributed by atoms with Crippen molar-refractivity contribution in [3.05, 3.63) is 53.3 Å².